The van der Waals surface area contributed by atoms with Crippen molar-refractivity contribution < 1.29 is 0 Å². The van der Waals surface area contributed by atoms with E-state index >= 15 is 0 Å². The van der Waals surface area contributed by atoms with Gasteiger partial charge in [0, 0.05) is 0 Å². The lowest BCUT2D eigenvalue weighted by Crippen LogP contribution is -2.12. The second-order valence-corrected chi connectivity index (χ2v) is 4.90. The Morgan fingerprint density at radius 2 is 2.08 bits per heavy atom. The van der Waals surface area contributed by atoms with Crippen LogP contribution in [0.25, 0.3) is 0 Å². The van der Waals surface area contributed by atoms with E-state index < -0.39 is 0 Å². The summed E-state index contributed by atoms with van der Waals surface area (Å²) in [4.78, 5) is 0. The summed E-state index contributed by atoms with van der Waals surface area (Å²) in [5.74, 6) is 2.16. The molecule has 0 aromatic rings. The molecular formula is C10H16Cl2. The van der Waals surface area contributed by atoms with Gasteiger partial charge in [-0.25, -0.2) is 0 Å². The molecule has 0 aliphatic heterocycles. The van der Waals surface area contributed by atoms with Crippen molar-refractivity contribution in [2.75, 3.05) is 0 Å². The fraction of sp³-hybridized carbons (Fsp3) is 0.800. The summed E-state index contributed by atoms with van der Waals surface area (Å²) in [6.07, 6.45) is 6.03. The van der Waals surface area contributed by atoms with Gasteiger partial charge in [-0.05, 0) is 24.2 Å². The summed E-state index contributed by atoms with van der Waals surface area (Å²) in [5, 5.41) is 0. The highest BCUT2D eigenvalue weighted by molar-refractivity contribution is 6.55. The van der Waals surface area contributed by atoms with E-state index in [1.165, 1.54) is 19.3 Å². The van der Waals surface area contributed by atoms with E-state index in [1.54, 1.807) is 0 Å². The SMILES string of the molecule is CC(C=C(Cl)Cl)[C@H]1CCC[C@H]1C. The molecule has 1 fully saturated rings. The first kappa shape index (κ1) is 10.4. The minimum atomic E-state index is 0.418. The largest absolute Gasteiger partial charge is 0.103 e. The molecule has 0 amide bonds. The molecule has 1 aliphatic carbocycles. The highest BCUT2D eigenvalue weighted by Crippen LogP contribution is 2.37. The molecule has 1 aliphatic rings. The first-order valence-corrected chi connectivity index (χ1v) is 5.39. The maximum Gasteiger partial charge on any atom is 0.103 e. The van der Waals surface area contributed by atoms with Crippen LogP contribution in [0.4, 0.5) is 0 Å². The van der Waals surface area contributed by atoms with Gasteiger partial charge in [0.25, 0.3) is 0 Å². The third-order valence-corrected chi connectivity index (χ3v) is 3.24. The highest BCUT2D eigenvalue weighted by Gasteiger charge is 2.27. The smallest absolute Gasteiger partial charge is 0.0712 e. The minimum absolute atomic E-state index is 0.418. The maximum atomic E-state index is 5.63. The second-order valence-electron chi connectivity index (χ2n) is 3.89. The lowest BCUT2D eigenvalue weighted by Gasteiger charge is -2.20. The third-order valence-electron chi connectivity index (χ3n) is 2.99. The van der Waals surface area contributed by atoms with Crippen LogP contribution in [0.5, 0.6) is 0 Å². The van der Waals surface area contributed by atoms with E-state index in [9.17, 15) is 0 Å². The van der Waals surface area contributed by atoms with Crippen LogP contribution in [0.1, 0.15) is 33.1 Å². The Bertz CT molecular complexity index is 171. The van der Waals surface area contributed by atoms with E-state index in [4.69, 9.17) is 23.2 Å². The number of hydrogen-bond acceptors (Lipinski definition) is 0. The Morgan fingerprint density at radius 3 is 2.50 bits per heavy atom. The van der Waals surface area contributed by atoms with Crippen molar-refractivity contribution in [3.63, 3.8) is 0 Å². The first-order chi connectivity index (χ1) is 5.61. The van der Waals surface area contributed by atoms with E-state index in [-0.39, 0.29) is 0 Å². The van der Waals surface area contributed by atoms with Crippen LogP contribution in [0.15, 0.2) is 10.6 Å². The van der Waals surface area contributed by atoms with E-state index in [0.29, 0.717) is 10.4 Å². The lowest BCUT2D eigenvalue weighted by atomic mass is 9.86. The minimum Gasteiger partial charge on any atom is -0.0712 e. The van der Waals surface area contributed by atoms with Crippen molar-refractivity contribution in [1.29, 1.82) is 0 Å². The summed E-state index contributed by atoms with van der Waals surface area (Å²) in [6.45, 7) is 4.53. The molecule has 1 unspecified atom stereocenters. The Kier molecular flexibility index (Phi) is 3.92. The van der Waals surface area contributed by atoms with Crippen molar-refractivity contribution in [3.05, 3.63) is 10.6 Å². The molecule has 0 bridgehead atoms. The van der Waals surface area contributed by atoms with Crippen LogP contribution in [0.2, 0.25) is 0 Å². The lowest BCUT2D eigenvalue weighted by molar-refractivity contribution is 0.341. The molecule has 0 aromatic heterocycles. The fourth-order valence-electron chi connectivity index (χ4n) is 2.28. The van der Waals surface area contributed by atoms with Crippen LogP contribution in [0.3, 0.4) is 0 Å². The van der Waals surface area contributed by atoms with Crippen LogP contribution in [0, 0.1) is 17.8 Å². The molecule has 0 nitrogen and oxygen atoms in total. The van der Waals surface area contributed by atoms with Gasteiger partial charge in [0.2, 0.25) is 0 Å². The Hall–Kier alpha value is 0.320. The molecule has 3 atom stereocenters. The van der Waals surface area contributed by atoms with E-state index in [1.807, 2.05) is 6.08 Å². The molecule has 0 aromatic carbocycles. The van der Waals surface area contributed by atoms with Crippen molar-refractivity contribution in [2.24, 2.45) is 17.8 Å². The molecule has 0 saturated heterocycles. The third kappa shape index (κ3) is 2.67. The van der Waals surface area contributed by atoms with Crippen LogP contribution in [-0.2, 0) is 0 Å². The number of allylic oxidation sites excluding steroid dienone is 1. The van der Waals surface area contributed by atoms with Gasteiger partial charge in [0.05, 0.1) is 0 Å². The molecule has 12 heavy (non-hydrogen) atoms. The summed E-state index contributed by atoms with van der Waals surface area (Å²) in [6, 6.07) is 0. The Balaban J connectivity index is 2.51. The van der Waals surface area contributed by atoms with Crippen molar-refractivity contribution in [1.82, 2.24) is 0 Å². The van der Waals surface area contributed by atoms with Gasteiger partial charge in [-0.2, -0.15) is 0 Å². The molecular weight excluding hydrogens is 191 g/mol. The Labute approximate surface area is 84.9 Å². The van der Waals surface area contributed by atoms with Crippen molar-refractivity contribution >= 4 is 23.2 Å². The molecule has 70 valence electrons. The normalized spacial score (nSPS) is 31.7. The standard InChI is InChI=1S/C10H16Cl2/c1-7-4-3-5-9(7)8(2)6-10(11)12/h6-9H,3-5H2,1-2H3/t7-,8?,9+/m1/s1. The second kappa shape index (κ2) is 4.53. The van der Waals surface area contributed by atoms with Crippen molar-refractivity contribution in [2.45, 2.75) is 33.1 Å². The van der Waals surface area contributed by atoms with Gasteiger partial charge in [-0.3, -0.25) is 0 Å². The molecule has 0 radical (unpaired) electrons. The van der Waals surface area contributed by atoms with Crippen molar-refractivity contribution in [3.8, 4) is 0 Å². The quantitative estimate of drug-likeness (QED) is 0.630. The predicted octanol–water partition coefficient (Wildman–Crippen LogP) is 4.38. The van der Waals surface area contributed by atoms with Gasteiger partial charge < -0.3 is 0 Å². The number of halogens is 2. The zero-order valence-corrected chi connectivity index (χ0v) is 9.20. The van der Waals surface area contributed by atoms with Crippen LogP contribution >= 0.6 is 23.2 Å². The van der Waals surface area contributed by atoms with Gasteiger partial charge in [-0.15, -0.1) is 0 Å². The van der Waals surface area contributed by atoms with Crippen LogP contribution in [-0.4, -0.2) is 0 Å². The van der Waals surface area contributed by atoms with Gasteiger partial charge >= 0.3 is 0 Å². The number of hydrogen-bond donors (Lipinski definition) is 0. The number of rotatable bonds is 2. The maximum absolute atomic E-state index is 5.63. The van der Waals surface area contributed by atoms with Gasteiger partial charge in [0.1, 0.15) is 4.49 Å². The fourth-order valence-corrected chi connectivity index (χ4v) is 2.68. The molecule has 2 heteroatoms. The van der Waals surface area contributed by atoms with E-state index in [2.05, 4.69) is 13.8 Å². The highest BCUT2D eigenvalue weighted by atomic mass is 35.5. The molecule has 1 rings (SSSR count). The Morgan fingerprint density at radius 1 is 1.42 bits per heavy atom. The molecule has 0 heterocycles. The predicted molar refractivity (Wildman–Crippen MR) is 55.5 cm³/mol. The summed E-state index contributed by atoms with van der Waals surface area (Å²) >= 11 is 11.3. The molecule has 0 N–H and O–H groups in total. The van der Waals surface area contributed by atoms with Crippen LogP contribution < -0.4 is 0 Å². The summed E-state index contributed by atoms with van der Waals surface area (Å²) < 4.78 is 0.418. The molecule has 0 spiro atoms. The van der Waals surface area contributed by atoms with E-state index in [0.717, 1.165) is 11.8 Å². The zero-order valence-electron chi connectivity index (χ0n) is 7.69. The monoisotopic (exact) mass is 206 g/mol. The first-order valence-electron chi connectivity index (χ1n) is 4.64. The zero-order chi connectivity index (χ0) is 9.14. The molecule has 1 saturated carbocycles. The average Bonchev–Trinajstić information content (AvgIpc) is 2.33. The van der Waals surface area contributed by atoms with Gasteiger partial charge in [0.15, 0.2) is 0 Å². The topological polar surface area (TPSA) is 0 Å². The average molecular weight is 207 g/mol. The summed E-state index contributed by atoms with van der Waals surface area (Å²) in [5.41, 5.74) is 0. The van der Waals surface area contributed by atoms with Gasteiger partial charge in [-0.1, -0.05) is 56.0 Å². The summed E-state index contributed by atoms with van der Waals surface area (Å²) in [7, 11) is 0.